The van der Waals surface area contributed by atoms with E-state index in [1.807, 2.05) is 0 Å². The number of halogens is 4. The third-order valence-corrected chi connectivity index (χ3v) is 5.39. The molecule has 9 heteroatoms. The van der Waals surface area contributed by atoms with E-state index in [9.17, 15) is 22.8 Å². The molecule has 3 rings (SSSR count). The zero-order valence-electron chi connectivity index (χ0n) is 13.8. The van der Waals surface area contributed by atoms with Gasteiger partial charge in [0.1, 0.15) is 0 Å². The number of esters is 1. The van der Waals surface area contributed by atoms with Crippen LogP contribution in [0.5, 0.6) is 0 Å². The van der Waals surface area contributed by atoms with Crippen molar-refractivity contribution in [3.8, 4) is 0 Å². The van der Waals surface area contributed by atoms with Gasteiger partial charge in [0.05, 0.1) is 10.6 Å². The number of alkyl halides is 3. The zero-order valence-corrected chi connectivity index (χ0v) is 14.6. The van der Waals surface area contributed by atoms with E-state index in [-0.39, 0.29) is 10.8 Å². The van der Waals surface area contributed by atoms with E-state index >= 15 is 0 Å². The third-order valence-electron chi connectivity index (χ3n) is 5.10. The van der Waals surface area contributed by atoms with Crippen molar-refractivity contribution in [2.45, 2.75) is 38.3 Å². The fraction of sp³-hybridized carbons (Fsp3) is 0.588. The molecule has 5 nitrogen and oxygen atoms in total. The van der Waals surface area contributed by atoms with Gasteiger partial charge in [0, 0.05) is 12.6 Å². The second-order valence-electron chi connectivity index (χ2n) is 6.90. The van der Waals surface area contributed by atoms with Crippen molar-refractivity contribution in [3.05, 3.63) is 22.8 Å². The van der Waals surface area contributed by atoms with Crippen LogP contribution in [0.25, 0.3) is 0 Å². The Labute approximate surface area is 153 Å². The van der Waals surface area contributed by atoms with E-state index in [0.717, 1.165) is 12.8 Å². The molecule has 0 aromatic carbocycles. The Balaban J connectivity index is 1.46. The minimum absolute atomic E-state index is 0.214. The number of rotatable bonds is 5. The largest absolute Gasteiger partial charge is 0.456 e. The molecule has 26 heavy (non-hydrogen) atoms. The Kier molecular flexibility index (Phi) is 5.41. The first-order valence-electron chi connectivity index (χ1n) is 8.40. The van der Waals surface area contributed by atoms with Gasteiger partial charge in [-0.25, -0.2) is 4.98 Å². The number of nitrogens with one attached hydrogen (secondary N) is 1. The molecule has 2 fully saturated rings. The standard InChI is InChI=1S/C17H18ClF3N2O3/c18-13-6-12(17(19,20)21)7-22-16(13)23-14(24)8-26-15(25)5-11-4-9-1-2-10(11)3-9/h6-7,9-11H,1-5,8H2,(H,22,23,24)/t9-,10-,11+/m0/s1. The van der Waals surface area contributed by atoms with Gasteiger partial charge in [-0.05, 0) is 43.1 Å². The smallest absolute Gasteiger partial charge is 0.417 e. The summed E-state index contributed by atoms with van der Waals surface area (Å²) in [5, 5.41) is 1.89. The molecule has 1 aromatic rings. The summed E-state index contributed by atoms with van der Waals surface area (Å²) < 4.78 is 42.6. The molecule has 3 atom stereocenters. The summed E-state index contributed by atoms with van der Waals surface area (Å²) in [6.07, 6.45) is 0.902. The molecule has 0 aliphatic heterocycles. The summed E-state index contributed by atoms with van der Waals surface area (Å²) in [7, 11) is 0. The summed E-state index contributed by atoms with van der Waals surface area (Å²) in [5.74, 6) is 0.263. The number of aromatic nitrogens is 1. The van der Waals surface area contributed by atoms with Crippen LogP contribution >= 0.6 is 11.6 Å². The monoisotopic (exact) mass is 390 g/mol. The maximum absolute atomic E-state index is 12.6. The minimum Gasteiger partial charge on any atom is -0.456 e. The summed E-state index contributed by atoms with van der Waals surface area (Å²) in [6, 6.07) is 0.672. The zero-order chi connectivity index (χ0) is 18.9. The summed E-state index contributed by atoms with van der Waals surface area (Å²) in [6.45, 7) is -0.529. The molecule has 2 bridgehead atoms. The third kappa shape index (κ3) is 4.47. The number of anilines is 1. The quantitative estimate of drug-likeness (QED) is 0.770. The molecule has 1 heterocycles. The first-order valence-corrected chi connectivity index (χ1v) is 8.78. The second kappa shape index (κ2) is 7.42. The molecule has 0 spiro atoms. The fourth-order valence-corrected chi connectivity index (χ4v) is 4.11. The predicted octanol–water partition coefficient (Wildman–Crippen LogP) is 4.06. The van der Waals surface area contributed by atoms with Crippen LogP contribution in [0.15, 0.2) is 12.3 Å². The lowest BCUT2D eigenvalue weighted by Crippen LogP contribution is -2.23. The average Bonchev–Trinajstić information content (AvgIpc) is 3.16. The molecule has 2 saturated carbocycles. The highest BCUT2D eigenvalue weighted by atomic mass is 35.5. The van der Waals surface area contributed by atoms with Gasteiger partial charge in [0.15, 0.2) is 12.4 Å². The molecule has 1 amide bonds. The van der Waals surface area contributed by atoms with Crippen molar-refractivity contribution in [1.29, 1.82) is 0 Å². The number of pyridine rings is 1. The number of hydrogen-bond donors (Lipinski definition) is 1. The lowest BCUT2D eigenvalue weighted by atomic mass is 9.86. The van der Waals surface area contributed by atoms with Crippen LogP contribution in [0, 0.1) is 17.8 Å². The Hall–Kier alpha value is -1.83. The molecule has 0 unspecified atom stereocenters. The van der Waals surface area contributed by atoms with Crippen LogP contribution in [0.4, 0.5) is 19.0 Å². The molecule has 1 N–H and O–H groups in total. The number of carbonyl (C=O) groups excluding carboxylic acids is 2. The van der Waals surface area contributed by atoms with E-state index < -0.39 is 30.2 Å². The minimum atomic E-state index is -4.58. The van der Waals surface area contributed by atoms with Gasteiger partial charge in [0.2, 0.25) is 0 Å². The van der Waals surface area contributed by atoms with Crippen LogP contribution in [0.3, 0.4) is 0 Å². The van der Waals surface area contributed by atoms with Crippen molar-refractivity contribution < 1.29 is 27.5 Å². The summed E-state index contributed by atoms with van der Waals surface area (Å²) >= 11 is 5.71. The van der Waals surface area contributed by atoms with E-state index in [0.29, 0.717) is 36.4 Å². The van der Waals surface area contributed by atoms with Crippen LogP contribution in [0.1, 0.15) is 37.7 Å². The van der Waals surface area contributed by atoms with Crippen LogP contribution in [-0.2, 0) is 20.5 Å². The van der Waals surface area contributed by atoms with Crippen molar-refractivity contribution in [3.63, 3.8) is 0 Å². The molecular weight excluding hydrogens is 373 g/mol. The van der Waals surface area contributed by atoms with Crippen LogP contribution in [0.2, 0.25) is 5.02 Å². The SMILES string of the molecule is O=C(COC(=O)C[C@H]1C[C@H]2CC[C@H]1C2)Nc1ncc(C(F)(F)F)cc1Cl. The number of fused-ring (bicyclic) bond motifs is 2. The normalized spacial score (nSPS) is 24.5. The molecule has 2 aliphatic carbocycles. The van der Waals surface area contributed by atoms with Crippen LogP contribution in [-0.4, -0.2) is 23.5 Å². The molecule has 142 valence electrons. The van der Waals surface area contributed by atoms with Gasteiger partial charge >= 0.3 is 12.1 Å². The molecule has 2 aliphatic rings. The van der Waals surface area contributed by atoms with E-state index in [1.165, 1.54) is 12.8 Å². The maximum Gasteiger partial charge on any atom is 0.417 e. The van der Waals surface area contributed by atoms with E-state index in [2.05, 4.69) is 10.3 Å². The maximum atomic E-state index is 12.6. The number of hydrogen-bond acceptors (Lipinski definition) is 4. The first kappa shape index (κ1) is 18.9. The predicted molar refractivity (Wildman–Crippen MR) is 87.4 cm³/mol. The van der Waals surface area contributed by atoms with Gasteiger partial charge in [-0.2, -0.15) is 13.2 Å². The van der Waals surface area contributed by atoms with Gasteiger partial charge in [-0.3, -0.25) is 9.59 Å². The number of ether oxygens (including phenoxy) is 1. The average molecular weight is 391 g/mol. The molecular formula is C17H18ClF3N2O3. The van der Waals surface area contributed by atoms with Gasteiger partial charge in [-0.15, -0.1) is 0 Å². The van der Waals surface area contributed by atoms with Crippen molar-refractivity contribution in [1.82, 2.24) is 4.98 Å². The van der Waals surface area contributed by atoms with Crippen molar-refractivity contribution >= 4 is 29.3 Å². The summed E-state index contributed by atoms with van der Waals surface area (Å²) in [5.41, 5.74) is -1.02. The molecule has 1 aromatic heterocycles. The molecule has 0 radical (unpaired) electrons. The fourth-order valence-electron chi connectivity index (χ4n) is 3.90. The Bertz CT molecular complexity index is 711. The van der Waals surface area contributed by atoms with E-state index in [4.69, 9.17) is 16.3 Å². The summed E-state index contributed by atoms with van der Waals surface area (Å²) in [4.78, 5) is 27.2. The lowest BCUT2D eigenvalue weighted by molar-refractivity contribution is -0.148. The topological polar surface area (TPSA) is 68.3 Å². The molecule has 0 saturated heterocycles. The Morgan fingerprint density at radius 1 is 1.31 bits per heavy atom. The van der Waals surface area contributed by atoms with Gasteiger partial charge in [0.25, 0.3) is 5.91 Å². The highest BCUT2D eigenvalue weighted by molar-refractivity contribution is 6.33. The van der Waals surface area contributed by atoms with E-state index in [1.54, 1.807) is 0 Å². The van der Waals surface area contributed by atoms with Crippen molar-refractivity contribution in [2.24, 2.45) is 17.8 Å². The van der Waals surface area contributed by atoms with Gasteiger partial charge in [-0.1, -0.05) is 18.0 Å². The van der Waals surface area contributed by atoms with Crippen molar-refractivity contribution in [2.75, 3.05) is 11.9 Å². The highest BCUT2D eigenvalue weighted by Crippen LogP contribution is 2.49. The number of nitrogens with zero attached hydrogens (tertiary/aromatic N) is 1. The Morgan fingerprint density at radius 3 is 2.65 bits per heavy atom. The Morgan fingerprint density at radius 2 is 2.08 bits per heavy atom. The first-order chi connectivity index (χ1) is 12.2. The highest BCUT2D eigenvalue weighted by Gasteiger charge is 2.40. The second-order valence-corrected chi connectivity index (χ2v) is 7.31. The number of amides is 1. The lowest BCUT2D eigenvalue weighted by Gasteiger charge is -2.20. The number of carbonyl (C=O) groups is 2. The van der Waals surface area contributed by atoms with Crippen LogP contribution < -0.4 is 5.32 Å². The van der Waals surface area contributed by atoms with Gasteiger partial charge < -0.3 is 10.1 Å².